The van der Waals surface area contributed by atoms with Crippen molar-refractivity contribution in [2.45, 2.75) is 30.8 Å². The van der Waals surface area contributed by atoms with Crippen molar-refractivity contribution in [1.82, 2.24) is 10.0 Å². The molecule has 0 saturated carbocycles. The number of rotatable bonds is 6. The number of alkyl carbamates (subject to hydrolysis) is 1. The highest BCUT2D eigenvalue weighted by molar-refractivity contribution is 7.92. The van der Waals surface area contributed by atoms with E-state index in [2.05, 4.69) is 10.0 Å². The topological polar surface area (TPSA) is 128 Å². The first kappa shape index (κ1) is 20.5. The lowest BCUT2D eigenvalue weighted by Gasteiger charge is -2.21. The predicted octanol–water partition coefficient (Wildman–Crippen LogP) is 0.194. The van der Waals surface area contributed by atoms with E-state index in [4.69, 9.17) is 9.47 Å². The molecule has 0 bridgehead atoms. The molecule has 1 amide bonds. The van der Waals surface area contributed by atoms with Crippen LogP contribution in [0.5, 0.6) is 5.75 Å². The number of carbonyl (C=O) groups is 1. The van der Waals surface area contributed by atoms with E-state index >= 15 is 0 Å². The number of methoxy groups -OCH3 is 1. The van der Waals surface area contributed by atoms with Crippen LogP contribution in [0.15, 0.2) is 23.1 Å². The SMILES string of the molecule is CCOC(=O)N[C@@H]1CS(=O)(=O)C[C@H]1NS(=O)(=O)c1cc(C)ccc1OC. The Morgan fingerprint density at radius 2 is 1.92 bits per heavy atom. The summed E-state index contributed by atoms with van der Waals surface area (Å²) in [5.74, 6) is -0.652. The summed E-state index contributed by atoms with van der Waals surface area (Å²) >= 11 is 0. The molecule has 2 N–H and O–H groups in total. The number of aryl methyl sites for hydroxylation is 1. The molecule has 11 heteroatoms. The van der Waals surface area contributed by atoms with Gasteiger partial charge in [-0.1, -0.05) is 6.07 Å². The number of hydrogen-bond acceptors (Lipinski definition) is 7. The van der Waals surface area contributed by atoms with Gasteiger partial charge in [-0.15, -0.1) is 0 Å². The summed E-state index contributed by atoms with van der Waals surface area (Å²) in [7, 11) is -6.24. The number of benzene rings is 1. The fraction of sp³-hybridized carbons (Fsp3) is 0.533. The summed E-state index contributed by atoms with van der Waals surface area (Å²) in [6, 6.07) is 2.70. The Hall–Kier alpha value is -1.85. The van der Waals surface area contributed by atoms with Gasteiger partial charge in [0.15, 0.2) is 9.84 Å². The van der Waals surface area contributed by atoms with Gasteiger partial charge in [0.1, 0.15) is 10.6 Å². The van der Waals surface area contributed by atoms with Crippen LogP contribution in [0.2, 0.25) is 0 Å². The average molecular weight is 406 g/mol. The lowest BCUT2D eigenvalue weighted by Crippen LogP contribution is -2.51. The fourth-order valence-electron chi connectivity index (χ4n) is 2.69. The summed E-state index contributed by atoms with van der Waals surface area (Å²) in [5.41, 5.74) is 0.700. The summed E-state index contributed by atoms with van der Waals surface area (Å²) in [4.78, 5) is 11.5. The van der Waals surface area contributed by atoms with Gasteiger partial charge in [-0.3, -0.25) is 0 Å². The van der Waals surface area contributed by atoms with Gasteiger partial charge in [0, 0.05) is 0 Å². The van der Waals surface area contributed by atoms with Crippen molar-refractivity contribution in [2.75, 3.05) is 25.2 Å². The van der Waals surface area contributed by atoms with Crippen LogP contribution in [0.25, 0.3) is 0 Å². The summed E-state index contributed by atoms with van der Waals surface area (Å²) in [6.45, 7) is 3.45. The lowest BCUT2D eigenvalue weighted by molar-refractivity contribution is 0.148. The maximum absolute atomic E-state index is 12.8. The minimum absolute atomic E-state index is 0.0980. The van der Waals surface area contributed by atoms with Gasteiger partial charge in [0.05, 0.1) is 37.3 Å². The number of ether oxygens (including phenoxy) is 2. The van der Waals surface area contributed by atoms with Crippen molar-refractivity contribution >= 4 is 26.0 Å². The number of sulfone groups is 1. The van der Waals surface area contributed by atoms with Crippen LogP contribution in [0.4, 0.5) is 4.79 Å². The molecule has 0 unspecified atom stereocenters. The van der Waals surface area contributed by atoms with E-state index in [0.29, 0.717) is 5.56 Å². The zero-order valence-corrected chi connectivity index (χ0v) is 16.3. The molecule has 146 valence electrons. The second-order valence-corrected chi connectivity index (χ2v) is 9.77. The minimum atomic E-state index is -4.07. The Morgan fingerprint density at radius 3 is 2.54 bits per heavy atom. The summed E-state index contributed by atoms with van der Waals surface area (Å²) in [6.07, 6.45) is -0.799. The lowest BCUT2D eigenvalue weighted by atomic mass is 10.2. The first-order valence-corrected chi connectivity index (χ1v) is 11.2. The number of sulfonamides is 1. The molecule has 2 rings (SSSR count). The van der Waals surface area contributed by atoms with Crippen molar-refractivity contribution < 1.29 is 31.1 Å². The zero-order valence-electron chi connectivity index (χ0n) is 14.7. The first-order chi connectivity index (χ1) is 12.1. The van der Waals surface area contributed by atoms with Gasteiger partial charge in [-0.2, -0.15) is 0 Å². The van der Waals surface area contributed by atoms with Crippen molar-refractivity contribution in [1.29, 1.82) is 0 Å². The van der Waals surface area contributed by atoms with E-state index in [0.717, 1.165) is 0 Å². The number of nitrogens with one attached hydrogen (secondary N) is 2. The normalized spacial score (nSPS) is 22.0. The van der Waals surface area contributed by atoms with Crippen LogP contribution in [-0.2, 0) is 24.6 Å². The number of carbonyl (C=O) groups excluding carboxylic acids is 1. The van der Waals surface area contributed by atoms with E-state index < -0.39 is 43.8 Å². The van der Waals surface area contributed by atoms with Crippen LogP contribution < -0.4 is 14.8 Å². The van der Waals surface area contributed by atoms with Crippen molar-refractivity contribution in [3.63, 3.8) is 0 Å². The molecule has 1 aromatic carbocycles. The molecule has 0 aliphatic carbocycles. The van der Waals surface area contributed by atoms with Gasteiger partial charge >= 0.3 is 6.09 Å². The largest absolute Gasteiger partial charge is 0.495 e. The van der Waals surface area contributed by atoms with E-state index in [1.807, 2.05) is 0 Å². The molecule has 0 aromatic heterocycles. The second-order valence-electron chi connectivity index (χ2n) is 5.93. The third-order valence-electron chi connectivity index (χ3n) is 3.85. The van der Waals surface area contributed by atoms with Crippen LogP contribution in [0, 0.1) is 6.92 Å². The molecule has 0 radical (unpaired) electrons. The highest BCUT2D eigenvalue weighted by Crippen LogP contribution is 2.26. The smallest absolute Gasteiger partial charge is 0.407 e. The molecule has 9 nitrogen and oxygen atoms in total. The molecule has 2 atom stereocenters. The molecule has 1 aliphatic heterocycles. The Bertz CT molecular complexity index is 881. The standard InChI is InChI=1S/C15H22N2O7S2/c1-4-24-15(18)16-11-8-25(19,20)9-12(11)17-26(21,22)14-7-10(2)5-6-13(14)23-3/h5-7,11-12,17H,4,8-9H2,1-3H3,(H,16,18)/t11-,12-/m1/s1. The van der Waals surface area contributed by atoms with E-state index in [-0.39, 0.29) is 23.0 Å². The fourth-order valence-corrected chi connectivity index (χ4v) is 6.18. The van der Waals surface area contributed by atoms with Gasteiger partial charge in [0.25, 0.3) is 0 Å². The Balaban J connectivity index is 2.28. The Kier molecular flexibility index (Phi) is 6.14. The molecule has 1 saturated heterocycles. The molecule has 1 aliphatic rings. The van der Waals surface area contributed by atoms with Crippen molar-refractivity contribution in [3.8, 4) is 5.75 Å². The average Bonchev–Trinajstić information content (AvgIpc) is 2.80. The molecule has 1 fully saturated rings. The van der Waals surface area contributed by atoms with Gasteiger partial charge in [-0.05, 0) is 31.5 Å². The number of hydrogen-bond donors (Lipinski definition) is 2. The van der Waals surface area contributed by atoms with Gasteiger partial charge in [-0.25, -0.2) is 26.4 Å². The summed E-state index contributed by atoms with van der Waals surface area (Å²) in [5, 5.41) is 2.40. The van der Waals surface area contributed by atoms with Crippen LogP contribution in [-0.4, -0.2) is 60.2 Å². The predicted molar refractivity (Wildman–Crippen MR) is 94.4 cm³/mol. The molecule has 0 spiro atoms. The third-order valence-corrected chi connectivity index (χ3v) is 7.09. The van der Waals surface area contributed by atoms with Crippen molar-refractivity contribution in [3.05, 3.63) is 23.8 Å². The molecule has 1 heterocycles. The maximum atomic E-state index is 12.8. The van der Waals surface area contributed by atoms with Crippen LogP contribution in [0.3, 0.4) is 0 Å². The zero-order chi connectivity index (χ0) is 19.5. The van der Waals surface area contributed by atoms with Crippen LogP contribution >= 0.6 is 0 Å². The third kappa shape index (κ3) is 4.86. The van der Waals surface area contributed by atoms with Gasteiger partial charge < -0.3 is 14.8 Å². The number of amides is 1. The van der Waals surface area contributed by atoms with Crippen molar-refractivity contribution in [2.24, 2.45) is 0 Å². The molecule has 1 aromatic rings. The second kappa shape index (κ2) is 7.80. The Morgan fingerprint density at radius 1 is 1.27 bits per heavy atom. The highest BCUT2D eigenvalue weighted by Gasteiger charge is 2.41. The first-order valence-electron chi connectivity index (χ1n) is 7.88. The molecule has 26 heavy (non-hydrogen) atoms. The van der Waals surface area contributed by atoms with Crippen LogP contribution in [0.1, 0.15) is 12.5 Å². The Labute approximate surface area is 153 Å². The molecular weight excluding hydrogens is 384 g/mol. The monoisotopic (exact) mass is 406 g/mol. The van der Waals surface area contributed by atoms with E-state index in [1.165, 1.54) is 19.2 Å². The van der Waals surface area contributed by atoms with E-state index in [1.54, 1.807) is 19.9 Å². The molecular formula is C15H22N2O7S2. The summed E-state index contributed by atoms with van der Waals surface area (Å²) < 4.78 is 61.6. The maximum Gasteiger partial charge on any atom is 0.407 e. The van der Waals surface area contributed by atoms with Gasteiger partial charge in [0.2, 0.25) is 10.0 Å². The van der Waals surface area contributed by atoms with E-state index in [9.17, 15) is 21.6 Å². The highest BCUT2D eigenvalue weighted by atomic mass is 32.2. The quantitative estimate of drug-likeness (QED) is 0.690. The minimum Gasteiger partial charge on any atom is -0.495 e.